The number of anilines is 1. The SMILES string of the molecule is C=C(/N=C(\C(CC)CCC)C1CCCC1)Nc1nc(-c2ccc(Cl)cc2Cl)nc(C)c1C. The van der Waals surface area contributed by atoms with Crippen LogP contribution < -0.4 is 5.32 Å². The molecule has 1 heterocycles. The predicted octanol–water partition coefficient (Wildman–Crippen LogP) is 8.41. The van der Waals surface area contributed by atoms with Gasteiger partial charge in [0, 0.05) is 27.6 Å². The second-order valence-corrected chi connectivity index (χ2v) is 9.56. The maximum Gasteiger partial charge on any atom is 0.163 e. The van der Waals surface area contributed by atoms with Crippen LogP contribution in [0.1, 0.15) is 70.1 Å². The van der Waals surface area contributed by atoms with Crippen LogP contribution in [0.4, 0.5) is 5.82 Å². The molecule has 1 fully saturated rings. The highest BCUT2D eigenvalue weighted by atomic mass is 35.5. The minimum atomic E-state index is 0.512. The smallest absolute Gasteiger partial charge is 0.163 e. The fourth-order valence-corrected chi connectivity index (χ4v) is 5.00. The Morgan fingerprint density at radius 2 is 1.91 bits per heavy atom. The average Bonchev–Trinajstić information content (AvgIpc) is 3.28. The van der Waals surface area contributed by atoms with Crippen LogP contribution >= 0.6 is 23.2 Å². The first-order valence-electron chi connectivity index (χ1n) is 11.7. The number of hydrogen-bond donors (Lipinski definition) is 1. The monoisotopic (exact) mass is 472 g/mol. The van der Waals surface area contributed by atoms with Crippen molar-refractivity contribution in [3.63, 3.8) is 0 Å². The molecular weight excluding hydrogens is 439 g/mol. The van der Waals surface area contributed by atoms with Crippen molar-refractivity contribution in [2.24, 2.45) is 16.8 Å². The molecule has 1 aliphatic rings. The van der Waals surface area contributed by atoms with E-state index in [2.05, 4.69) is 30.7 Å². The van der Waals surface area contributed by atoms with Gasteiger partial charge in [0.1, 0.15) is 11.6 Å². The first-order chi connectivity index (χ1) is 15.3. The van der Waals surface area contributed by atoms with Crippen LogP contribution in [0.3, 0.4) is 0 Å². The molecule has 0 amide bonds. The van der Waals surface area contributed by atoms with Gasteiger partial charge in [-0.05, 0) is 69.6 Å². The van der Waals surface area contributed by atoms with E-state index >= 15 is 0 Å². The Morgan fingerprint density at radius 3 is 2.53 bits per heavy atom. The summed E-state index contributed by atoms with van der Waals surface area (Å²) in [5.41, 5.74) is 3.91. The first-order valence-corrected chi connectivity index (χ1v) is 12.4. The Kier molecular flexibility index (Phi) is 8.72. The van der Waals surface area contributed by atoms with Crippen LogP contribution in [0.2, 0.25) is 10.0 Å². The van der Waals surface area contributed by atoms with Crippen LogP contribution in [-0.4, -0.2) is 15.7 Å². The lowest BCUT2D eigenvalue weighted by Crippen LogP contribution is -2.23. The van der Waals surface area contributed by atoms with E-state index in [9.17, 15) is 0 Å². The second-order valence-electron chi connectivity index (χ2n) is 8.71. The van der Waals surface area contributed by atoms with Crippen molar-refractivity contribution in [2.45, 2.75) is 72.6 Å². The number of nitrogens with zero attached hydrogens (tertiary/aromatic N) is 3. The van der Waals surface area contributed by atoms with Gasteiger partial charge in [-0.3, -0.25) is 0 Å². The molecule has 0 radical (unpaired) electrons. The molecule has 1 aromatic carbocycles. The predicted molar refractivity (Wildman–Crippen MR) is 138 cm³/mol. The van der Waals surface area contributed by atoms with Crippen LogP contribution in [0, 0.1) is 25.7 Å². The third-order valence-electron chi connectivity index (χ3n) is 6.41. The van der Waals surface area contributed by atoms with Gasteiger partial charge < -0.3 is 5.32 Å². The quantitative estimate of drug-likeness (QED) is 0.372. The molecule has 2 aromatic rings. The summed E-state index contributed by atoms with van der Waals surface area (Å²) in [6.45, 7) is 12.7. The second kappa shape index (κ2) is 11.3. The molecular formula is C26H34Cl2N4. The summed E-state index contributed by atoms with van der Waals surface area (Å²) < 4.78 is 0. The van der Waals surface area contributed by atoms with Crippen molar-refractivity contribution in [3.8, 4) is 11.4 Å². The van der Waals surface area contributed by atoms with Gasteiger partial charge in [0.15, 0.2) is 5.82 Å². The third-order valence-corrected chi connectivity index (χ3v) is 6.96. The molecule has 0 aliphatic heterocycles. The van der Waals surface area contributed by atoms with Gasteiger partial charge in [-0.1, -0.05) is 62.9 Å². The number of aromatic nitrogens is 2. The zero-order valence-corrected chi connectivity index (χ0v) is 21.2. The molecule has 1 unspecified atom stereocenters. The maximum atomic E-state index is 6.41. The molecule has 3 rings (SSSR count). The summed E-state index contributed by atoms with van der Waals surface area (Å²) in [5, 5.41) is 4.47. The van der Waals surface area contributed by atoms with E-state index in [0.717, 1.165) is 23.2 Å². The van der Waals surface area contributed by atoms with E-state index in [1.165, 1.54) is 44.2 Å². The van der Waals surface area contributed by atoms with E-state index in [-0.39, 0.29) is 0 Å². The Labute approximate surface area is 202 Å². The molecule has 1 atom stereocenters. The molecule has 4 nitrogen and oxygen atoms in total. The maximum absolute atomic E-state index is 6.41. The number of aliphatic imine (C=N–C) groups is 1. The van der Waals surface area contributed by atoms with Gasteiger partial charge in [-0.15, -0.1) is 0 Å². The van der Waals surface area contributed by atoms with Crippen molar-refractivity contribution >= 4 is 34.7 Å². The number of halogens is 2. The van der Waals surface area contributed by atoms with E-state index in [1.54, 1.807) is 12.1 Å². The zero-order chi connectivity index (χ0) is 23.3. The van der Waals surface area contributed by atoms with Gasteiger partial charge >= 0.3 is 0 Å². The van der Waals surface area contributed by atoms with E-state index in [0.29, 0.717) is 39.3 Å². The van der Waals surface area contributed by atoms with Crippen molar-refractivity contribution in [1.29, 1.82) is 0 Å². The summed E-state index contributed by atoms with van der Waals surface area (Å²) in [6.07, 6.45) is 8.50. The minimum Gasteiger partial charge on any atom is -0.325 e. The van der Waals surface area contributed by atoms with Crippen molar-refractivity contribution in [3.05, 3.63) is 51.9 Å². The lowest BCUT2D eigenvalue weighted by molar-refractivity contribution is 0.552. The van der Waals surface area contributed by atoms with Crippen molar-refractivity contribution in [1.82, 2.24) is 9.97 Å². The lowest BCUT2D eigenvalue weighted by Gasteiger charge is -2.23. The molecule has 0 saturated heterocycles. The Hall–Kier alpha value is -1.91. The third kappa shape index (κ3) is 5.90. The van der Waals surface area contributed by atoms with Gasteiger partial charge in [0.2, 0.25) is 0 Å². The molecule has 0 bridgehead atoms. The lowest BCUT2D eigenvalue weighted by atomic mass is 9.86. The van der Waals surface area contributed by atoms with Crippen molar-refractivity contribution < 1.29 is 0 Å². The van der Waals surface area contributed by atoms with Gasteiger partial charge in [-0.25, -0.2) is 15.0 Å². The summed E-state index contributed by atoms with van der Waals surface area (Å²) >= 11 is 12.5. The molecule has 0 spiro atoms. The van der Waals surface area contributed by atoms with Crippen LogP contribution in [0.5, 0.6) is 0 Å². The van der Waals surface area contributed by atoms with Crippen LogP contribution in [0.25, 0.3) is 11.4 Å². The number of rotatable bonds is 9. The Bertz CT molecular complexity index is 994. The molecule has 1 N–H and O–H groups in total. The summed E-state index contributed by atoms with van der Waals surface area (Å²) in [7, 11) is 0. The fraction of sp³-hybridized carbons (Fsp3) is 0.500. The Balaban J connectivity index is 1.92. The first kappa shape index (κ1) is 24.7. The highest BCUT2D eigenvalue weighted by molar-refractivity contribution is 6.36. The molecule has 6 heteroatoms. The van der Waals surface area contributed by atoms with E-state index in [4.69, 9.17) is 33.2 Å². The number of hydrogen-bond acceptors (Lipinski definition) is 4. The summed E-state index contributed by atoms with van der Waals surface area (Å²) in [5.74, 6) is 2.99. The standard InChI is InChI=1S/C26H34Cl2N4/c1-6-10-19(7-2)24(20-11-8-9-12-20)30-18(5)31-25-16(3)17(4)29-26(32-25)22-14-13-21(27)15-23(22)28/h13-15,19-20H,5-12H2,1-4H3,(H,29,31,32)/b30-24+. The molecule has 172 valence electrons. The summed E-state index contributed by atoms with van der Waals surface area (Å²) in [4.78, 5) is 14.5. The minimum absolute atomic E-state index is 0.512. The molecule has 32 heavy (non-hydrogen) atoms. The van der Waals surface area contributed by atoms with E-state index < -0.39 is 0 Å². The fourth-order valence-electron chi connectivity index (χ4n) is 4.51. The van der Waals surface area contributed by atoms with Gasteiger partial charge in [-0.2, -0.15) is 0 Å². The van der Waals surface area contributed by atoms with Crippen molar-refractivity contribution in [2.75, 3.05) is 5.32 Å². The zero-order valence-electron chi connectivity index (χ0n) is 19.6. The number of nitrogens with one attached hydrogen (secondary N) is 1. The number of benzene rings is 1. The average molecular weight is 473 g/mol. The van der Waals surface area contributed by atoms with Crippen LogP contribution in [0.15, 0.2) is 35.6 Å². The Morgan fingerprint density at radius 1 is 1.19 bits per heavy atom. The molecule has 1 saturated carbocycles. The molecule has 1 aliphatic carbocycles. The largest absolute Gasteiger partial charge is 0.325 e. The van der Waals surface area contributed by atoms with Gasteiger partial charge in [0.05, 0.1) is 5.02 Å². The normalized spacial score (nSPS) is 15.8. The number of aryl methyl sites for hydroxylation is 1. The van der Waals surface area contributed by atoms with E-state index in [1.807, 2.05) is 19.9 Å². The highest BCUT2D eigenvalue weighted by Crippen LogP contribution is 2.33. The van der Waals surface area contributed by atoms with Gasteiger partial charge in [0.25, 0.3) is 0 Å². The highest BCUT2D eigenvalue weighted by Gasteiger charge is 2.26. The summed E-state index contributed by atoms with van der Waals surface area (Å²) in [6, 6.07) is 5.35. The topological polar surface area (TPSA) is 50.2 Å². The molecule has 1 aromatic heterocycles. The van der Waals surface area contributed by atoms with Crippen LogP contribution in [-0.2, 0) is 0 Å².